The van der Waals surface area contributed by atoms with Crippen LogP contribution in [0.3, 0.4) is 0 Å². The Hall–Kier alpha value is -0.990. The summed E-state index contributed by atoms with van der Waals surface area (Å²) < 4.78 is 32.9. The van der Waals surface area contributed by atoms with E-state index < -0.39 is 15.9 Å². The van der Waals surface area contributed by atoms with Crippen molar-refractivity contribution in [3.63, 3.8) is 0 Å². The third-order valence-corrected chi connectivity index (χ3v) is 3.76. The average Bonchev–Trinajstić information content (AvgIpc) is 2.84. The molecule has 8 heteroatoms. The van der Waals surface area contributed by atoms with Gasteiger partial charge >= 0.3 is 0 Å². The van der Waals surface area contributed by atoms with Gasteiger partial charge in [0.15, 0.2) is 0 Å². The van der Waals surface area contributed by atoms with Gasteiger partial charge in [-0.3, -0.25) is 0 Å². The molecule has 2 unspecified atom stereocenters. The Balaban J connectivity index is 2.69. The number of hydrogen-bond acceptors (Lipinski definition) is 7. The summed E-state index contributed by atoms with van der Waals surface area (Å²) in [6, 6.07) is -0.574. The number of rotatable bonds is 9. The number of hydrogen-bond donors (Lipinski definition) is 1. The molecule has 0 bridgehead atoms. The second-order valence-electron chi connectivity index (χ2n) is 4.75. The SMILES string of the molecule is CCCC(OCC)c1noc(C(N)CCS(C)(=O)=O)n1. The molecule has 0 aliphatic heterocycles. The highest BCUT2D eigenvalue weighted by atomic mass is 32.2. The molecule has 0 spiro atoms. The van der Waals surface area contributed by atoms with E-state index in [0.29, 0.717) is 12.4 Å². The summed E-state index contributed by atoms with van der Waals surface area (Å²) in [5.74, 6) is 0.721. The summed E-state index contributed by atoms with van der Waals surface area (Å²) in [4.78, 5) is 4.23. The topological polar surface area (TPSA) is 108 Å². The maximum absolute atomic E-state index is 11.1. The highest BCUT2D eigenvalue weighted by Gasteiger charge is 2.21. The zero-order valence-corrected chi connectivity index (χ0v) is 13.0. The molecule has 1 aromatic heterocycles. The van der Waals surface area contributed by atoms with Crippen LogP contribution in [0.2, 0.25) is 0 Å². The zero-order chi connectivity index (χ0) is 15.2. The molecule has 0 aliphatic carbocycles. The van der Waals surface area contributed by atoms with Gasteiger partial charge in [-0.25, -0.2) is 8.42 Å². The molecule has 2 N–H and O–H groups in total. The van der Waals surface area contributed by atoms with Crippen molar-refractivity contribution in [3.05, 3.63) is 11.7 Å². The molecule has 7 nitrogen and oxygen atoms in total. The van der Waals surface area contributed by atoms with Gasteiger partial charge in [0.1, 0.15) is 15.9 Å². The lowest BCUT2D eigenvalue weighted by atomic mass is 10.2. The number of aromatic nitrogens is 2. The molecular weight excluding hydrogens is 282 g/mol. The van der Waals surface area contributed by atoms with Gasteiger partial charge in [-0.05, 0) is 19.8 Å². The Morgan fingerprint density at radius 3 is 2.60 bits per heavy atom. The average molecular weight is 305 g/mol. The summed E-state index contributed by atoms with van der Waals surface area (Å²) in [5, 5.41) is 3.88. The number of nitrogens with zero attached hydrogens (tertiary/aromatic N) is 2. The minimum atomic E-state index is -3.05. The summed E-state index contributed by atoms with van der Waals surface area (Å²) in [6.45, 7) is 4.51. The Labute approximate surface area is 119 Å². The quantitative estimate of drug-likeness (QED) is 0.734. The van der Waals surface area contributed by atoms with Crippen molar-refractivity contribution in [2.75, 3.05) is 18.6 Å². The Morgan fingerprint density at radius 1 is 1.35 bits per heavy atom. The predicted octanol–water partition coefficient (Wildman–Crippen LogP) is 1.38. The lowest BCUT2D eigenvalue weighted by molar-refractivity contribution is 0.0477. The monoisotopic (exact) mass is 305 g/mol. The number of ether oxygens (including phenoxy) is 1. The van der Waals surface area contributed by atoms with Gasteiger partial charge in [0.2, 0.25) is 11.7 Å². The van der Waals surface area contributed by atoms with E-state index in [2.05, 4.69) is 10.1 Å². The number of sulfone groups is 1. The van der Waals surface area contributed by atoms with Crippen LogP contribution in [0.15, 0.2) is 4.52 Å². The molecule has 0 aliphatic rings. The maximum Gasteiger partial charge on any atom is 0.243 e. The third-order valence-electron chi connectivity index (χ3n) is 2.78. The van der Waals surface area contributed by atoms with Gasteiger partial charge in [0.25, 0.3) is 0 Å². The van der Waals surface area contributed by atoms with Crippen LogP contribution in [-0.4, -0.2) is 37.2 Å². The van der Waals surface area contributed by atoms with E-state index in [1.807, 2.05) is 13.8 Å². The first-order chi connectivity index (χ1) is 9.37. The minimum absolute atomic E-state index is 0.00424. The first kappa shape index (κ1) is 17.1. The molecule has 0 radical (unpaired) electrons. The fraction of sp³-hybridized carbons (Fsp3) is 0.833. The first-order valence-corrected chi connectivity index (χ1v) is 8.81. The molecular formula is C12H23N3O4S. The molecule has 116 valence electrons. The van der Waals surface area contributed by atoms with Crippen molar-refractivity contribution in [1.82, 2.24) is 10.1 Å². The molecule has 20 heavy (non-hydrogen) atoms. The fourth-order valence-corrected chi connectivity index (χ4v) is 2.43. The Morgan fingerprint density at radius 2 is 2.05 bits per heavy atom. The summed E-state index contributed by atoms with van der Waals surface area (Å²) in [7, 11) is -3.05. The van der Waals surface area contributed by atoms with Crippen LogP contribution in [0.25, 0.3) is 0 Å². The second-order valence-corrected chi connectivity index (χ2v) is 7.01. The van der Waals surface area contributed by atoms with Crippen molar-refractivity contribution < 1.29 is 17.7 Å². The predicted molar refractivity (Wildman–Crippen MR) is 74.8 cm³/mol. The molecule has 1 aromatic rings. The molecule has 0 saturated heterocycles. The van der Waals surface area contributed by atoms with E-state index >= 15 is 0 Å². The molecule has 2 atom stereocenters. The van der Waals surface area contributed by atoms with E-state index in [0.717, 1.165) is 12.8 Å². The minimum Gasteiger partial charge on any atom is -0.370 e. The summed E-state index contributed by atoms with van der Waals surface area (Å²) in [5.41, 5.74) is 5.86. The molecule has 0 aromatic carbocycles. The van der Waals surface area contributed by atoms with Gasteiger partial charge in [-0.15, -0.1) is 0 Å². The standard InChI is InChI=1S/C12H23N3O4S/c1-4-6-10(18-5-2)11-14-12(19-15-11)9(13)7-8-20(3,16)17/h9-10H,4-8,13H2,1-3H3. The highest BCUT2D eigenvalue weighted by molar-refractivity contribution is 7.90. The normalized spacial score (nSPS) is 15.2. The second kappa shape index (κ2) is 7.70. The summed E-state index contributed by atoms with van der Waals surface area (Å²) >= 11 is 0. The molecule has 1 rings (SSSR count). The van der Waals surface area contributed by atoms with Crippen LogP contribution in [0.5, 0.6) is 0 Å². The number of nitrogens with two attached hydrogens (primary N) is 1. The maximum atomic E-state index is 11.1. The highest BCUT2D eigenvalue weighted by Crippen LogP contribution is 2.22. The van der Waals surface area contributed by atoms with E-state index in [1.54, 1.807) is 0 Å². The van der Waals surface area contributed by atoms with Crippen LogP contribution in [0, 0.1) is 0 Å². The van der Waals surface area contributed by atoms with Crippen molar-refractivity contribution in [2.45, 2.75) is 45.3 Å². The molecule has 0 amide bonds. The van der Waals surface area contributed by atoms with Gasteiger partial charge in [-0.2, -0.15) is 4.98 Å². The van der Waals surface area contributed by atoms with Crippen LogP contribution in [-0.2, 0) is 14.6 Å². The lowest BCUT2D eigenvalue weighted by Gasteiger charge is -2.11. The Bertz CT molecular complexity index is 495. The van der Waals surface area contributed by atoms with Crippen LogP contribution in [0.4, 0.5) is 0 Å². The molecule has 0 saturated carbocycles. The molecule has 1 heterocycles. The van der Waals surface area contributed by atoms with Crippen molar-refractivity contribution >= 4 is 9.84 Å². The van der Waals surface area contributed by atoms with Crippen molar-refractivity contribution in [1.29, 1.82) is 0 Å². The first-order valence-electron chi connectivity index (χ1n) is 6.75. The van der Waals surface area contributed by atoms with E-state index in [-0.39, 0.29) is 24.2 Å². The van der Waals surface area contributed by atoms with Gasteiger partial charge in [-0.1, -0.05) is 18.5 Å². The Kier molecular flexibility index (Phi) is 6.57. The molecule has 0 fully saturated rings. The van der Waals surface area contributed by atoms with Gasteiger partial charge in [0, 0.05) is 12.9 Å². The van der Waals surface area contributed by atoms with Gasteiger partial charge < -0.3 is 15.0 Å². The van der Waals surface area contributed by atoms with E-state index in [9.17, 15) is 8.42 Å². The van der Waals surface area contributed by atoms with Crippen LogP contribution < -0.4 is 5.73 Å². The largest absolute Gasteiger partial charge is 0.370 e. The van der Waals surface area contributed by atoms with E-state index in [4.69, 9.17) is 15.0 Å². The lowest BCUT2D eigenvalue weighted by Crippen LogP contribution is -2.16. The van der Waals surface area contributed by atoms with Gasteiger partial charge in [0.05, 0.1) is 11.8 Å². The third kappa shape index (κ3) is 5.56. The van der Waals surface area contributed by atoms with E-state index in [1.165, 1.54) is 6.26 Å². The fourth-order valence-electron chi connectivity index (χ4n) is 1.74. The van der Waals surface area contributed by atoms with Crippen LogP contribution in [0.1, 0.15) is 57.0 Å². The van der Waals surface area contributed by atoms with Crippen molar-refractivity contribution in [3.8, 4) is 0 Å². The zero-order valence-electron chi connectivity index (χ0n) is 12.2. The summed E-state index contributed by atoms with van der Waals surface area (Å²) in [6.07, 6.45) is 2.96. The van der Waals surface area contributed by atoms with Crippen LogP contribution >= 0.6 is 0 Å². The smallest absolute Gasteiger partial charge is 0.243 e. The van der Waals surface area contributed by atoms with Crippen molar-refractivity contribution in [2.24, 2.45) is 5.73 Å².